The normalized spacial score (nSPS) is 24.3. The molecule has 5 heteroatoms. The number of benzene rings is 1. The number of rotatable bonds is 3. The quantitative estimate of drug-likeness (QED) is 0.924. The SMILES string of the molecule is CC(=O)N1CC[C@H](CN(C)[C@@H]2CCc3ccccc3NC2=O)C1. The first-order chi connectivity index (χ1) is 11.0. The van der Waals surface area contributed by atoms with Gasteiger partial charge in [-0.05, 0) is 43.9 Å². The Morgan fingerprint density at radius 2 is 2.13 bits per heavy atom. The number of nitrogens with one attached hydrogen (secondary N) is 1. The number of carbonyl (C=O) groups is 2. The highest BCUT2D eigenvalue weighted by molar-refractivity contribution is 5.96. The summed E-state index contributed by atoms with van der Waals surface area (Å²) in [5.41, 5.74) is 2.15. The van der Waals surface area contributed by atoms with Gasteiger partial charge < -0.3 is 10.2 Å². The van der Waals surface area contributed by atoms with Crippen LogP contribution in [-0.4, -0.2) is 54.3 Å². The Morgan fingerprint density at radius 1 is 1.35 bits per heavy atom. The fourth-order valence-corrected chi connectivity index (χ4v) is 3.72. The van der Waals surface area contributed by atoms with Gasteiger partial charge in [-0.1, -0.05) is 18.2 Å². The minimum Gasteiger partial charge on any atom is -0.343 e. The molecule has 0 spiro atoms. The first kappa shape index (κ1) is 16.0. The summed E-state index contributed by atoms with van der Waals surface area (Å²) in [6.45, 7) is 4.14. The van der Waals surface area contributed by atoms with E-state index in [4.69, 9.17) is 0 Å². The first-order valence-corrected chi connectivity index (χ1v) is 8.39. The summed E-state index contributed by atoms with van der Waals surface area (Å²) in [7, 11) is 2.02. The van der Waals surface area contributed by atoms with Crippen LogP contribution in [0.5, 0.6) is 0 Å². The molecule has 0 saturated carbocycles. The van der Waals surface area contributed by atoms with Crippen LogP contribution in [0.2, 0.25) is 0 Å². The molecule has 1 fully saturated rings. The standard InChI is InChI=1S/C18H25N3O2/c1-13(22)21-10-9-14(12-21)11-20(2)17-8-7-15-5-3-4-6-16(15)19-18(17)23/h3-6,14,17H,7-12H2,1-2H3,(H,19,23)/t14-,17-/m1/s1. The van der Waals surface area contributed by atoms with E-state index < -0.39 is 0 Å². The van der Waals surface area contributed by atoms with Gasteiger partial charge in [0.05, 0.1) is 6.04 Å². The fourth-order valence-electron chi connectivity index (χ4n) is 3.72. The zero-order chi connectivity index (χ0) is 16.4. The van der Waals surface area contributed by atoms with E-state index in [1.165, 1.54) is 5.56 Å². The Bertz CT molecular complexity index is 602. The molecule has 1 aromatic carbocycles. The van der Waals surface area contributed by atoms with E-state index in [2.05, 4.69) is 16.3 Å². The smallest absolute Gasteiger partial charge is 0.241 e. The van der Waals surface area contributed by atoms with Crippen molar-refractivity contribution < 1.29 is 9.59 Å². The Labute approximate surface area is 137 Å². The number of nitrogens with zero attached hydrogens (tertiary/aromatic N) is 2. The van der Waals surface area contributed by atoms with E-state index in [0.717, 1.165) is 44.6 Å². The van der Waals surface area contributed by atoms with Gasteiger partial charge in [-0.15, -0.1) is 0 Å². The molecule has 3 rings (SSSR count). The zero-order valence-corrected chi connectivity index (χ0v) is 13.9. The molecule has 0 aliphatic carbocycles. The highest BCUT2D eigenvalue weighted by Crippen LogP contribution is 2.25. The number of carbonyl (C=O) groups excluding carboxylic acids is 2. The minimum absolute atomic E-state index is 0.0823. The van der Waals surface area contributed by atoms with Crippen molar-refractivity contribution >= 4 is 17.5 Å². The fraction of sp³-hybridized carbons (Fsp3) is 0.556. The van der Waals surface area contributed by atoms with Gasteiger partial charge in [0.15, 0.2) is 0 Å². The first-order valence-electron chi connectivity index (χ1n) is 8.39. The predicted octanol–water partition coefficient (Wildman–Crippen LogP) is 1.74. The zero-order valence-electron chi connectivity index (χ0n) is 13.9. The maximum Gasteiger partial charge on any atom is 0.241 e. The summed E-state index contributed by atoms with van der Waals surface area (Å²) in [5.74, 6) is 0.694. The largest absolute Gasteiger partial charge is 0.343 e. The summed E-state index contributed by atoms with van der Waals surface area (Å²) in [6.07, 6.45) is 2.77. The molecular weight excluding hydrogens is 290 g/mol. The van der Waals surface area contributed by atoms with Crippen LogP contribution >= 0.6 is 0 Å². The third kappa shape index (κ3) is 3.55. The van der Waals surface area contributed by atoms with Gasteiger partial charge in [-0.3, -0.25) is 14.5 Å². The average molecular weight is 315 g/mol. The molecule has 2 amide bonds. The highest BCUT2D eigenvalue weighted by atomic mass is 16.2. The van der Waals surface area contributed by atoms with E-state index >= 15 is 0 Å². The lowest BCUT2D eigenvalue weighted by molar-refractivity contribution is -0.128. The Balaban J connectivity index is 1.61. The van der Waals surface area contributed by atoms with E-state index in [-0.39, 0.29) is 17.9 Å². The summed E-state index contributed by atoms with van der Waals surface area (Å²) in [6, 6.07) is 7.92. The van der Waals surface area contributed by atoms with Crippen molar-refractivity contribution in [1.29, 1.82) is 0 Å². The number of likely N-dealkylation sites (N-methyl/N-ethyl adjacent to an activating group) is 1. The van der Waals surface area contributed by atoms with Crippen LogP contribution in [0, 0.1) is 5.92 Å². The summed E-state index contributed by atoms with van der Waals surface area (Å²) >= 11 is 0. The molecule has 2 heterocycles. The van der Waals surface area contributed by atoms with Crippen LogP contribution in [-0.2, 0) is 16.0 Å². The van der Waals surface area contributed by atoms with Crippen molar-refractivity contribution in [1.82, 2.24) is 9.80 Å². The van der Waals surface area contributed by atoms with Gasteiger partial charge in [-0.25, -0.2) is 0 Å². The lowest BCUT2D eigenvalue weighted by atomic mass is 10.0. The highest BCUT2D eigenvalue weighted by Gasteiger charge is 2.31. The van der Waals surface area contributed by atoms with Crippen molar-refractivity contribution in [2.45, 2.75) is 32.2 Å². The molecule has 5 nitrogen and oxygen atoms in total. The number of anilines is 1. The number of fused-ring (bicyclic) bond motifs is 1. The predicted molar refractivity (Wildman–Crippen MR) is 90.2 cm³/mol. The second-order valence-corrected chi connectivity index (χ2v) is 6.76. The van der Waals surface area contributed by atoms with E-state index in [1.54, 1.807) is 6.92 Å². The molecule has 1 aromatic rings. The summed E-state index contributed by atoms with van der Waals surface area (Å²) in [4.78, 5) is 28.1. The Morgan fingerprint density at radius 3 is 2.87 bits per heavy atom. The van der Waals surface area contributed by atoms with Gasteiger partial charge in [0.1, 0.15) is 0 Å². The third-order valence-electron chi connectivity index (χ3n) is 5.07. The van der Waals surface area contributed by atoms with E-state index in [1.807, 2.05) is 30.1 Å². The molecule has 2 aliphatic rings. The third-order valence-corrected chi connectivity index (χ3v) is 5.07. The Hall–Kier alpha value is -1.88. The molecule has 1 saturated heterocycles. The molecule has 2 atom stereocenters. The van der Waals surface area contributed by atoms with Crippen molar-refractivity contribution in [3.8, 4) is 0 Å². The van der Waals surface area contributed by atoms with Crippen LogP contribution in [0.25, 0.3) is 0 Å². The molecule has 2 aliphatic heterocycles. The number of likely N-dealkylation sites (tertiary alicyclic amines) is 1. The molecule has 0 aromatic heterocycles. The van der Waals surface area contributed by atoms with Gasteiger partial charge >= 0.3 is 0 Å². The number of aryl methyl sites for hydroxylation is 1. The molecule has 124 valence electrons. The average Bonchev–Trinajstić information content (AvgIpc) is 2.90. The van der Waals surface area contributed by atoms with Crippen molar-refractivity contribution in [2.75, 3.05) is 32.0 Å². The van der Waals surface area contributed by atoms with Gasteiger partial charge in [0, 0.05) is 32.2 Å². The van der Waals surface area contributed by atoms with Gasteiger partial charge in [-0.2, -0.15) is 0 Å². The topological polar surface area (TPSA) is 52.7 Å². The van der Waals surface area contributed by atoms with Gasteiger partial charge in [0.2, 0.25) is 11.8 Å². The van der Waals surface area contributed by atoms with Crippen molar-refractivity contribution in [3.63, 3.8) is 0 Å². The summed E-state index contributed by atoms with van der Waals surface area (Å²) in [5, 5.41) is 3.06. The maximum atomic E-state index is 12.5. The molecule has 0 radical (unpaired) electrons. The lowest BCUT2D eigenvalue weighted by Gasteiger charge is -2.28. The minimum atomic E-state index is -0.103. The van der Waals surface area contributed by atoms with Gasteiger partial charge in [0.25, 0.3) is 0 Å². The molecule has 0 bridgehead atoms. The lowest BCUT2D eigenvalue weighted by Crippen LogP contribution is -2.43. The monoisotopic (exact) mass is 315 g/mol. The molecule has 0 unspecified atom stereocenters. The maximum absolute atomic E-state index is 12.5. The summed E-state index contributed by atoms with van der Waals surface area (Å²) < 4.78 is 0. The van der Waals surface area contributed by atoms with Crippen molar-refractivity contribution in [2.24, 2.45) is 5.92 Å². The van der Waals surface area contributed by atoms with Crippen LogP contribution in [0.1, 0.15) is 25.3 Å². The van der Waals surface area contributed by atoms with Crippen LogP contribution < -0.4 is 5.32 Å². The van der Waals surface area contributed by atoms with Crippen molar-refractivity contribution in [3.05, 3.63) is 29.8 Å². The Kier molecular flexibility index (Phi) is 4.66. The van der Waals surface area contributed by atoms with E-state index in [9.17, 15) is 9.59 Å². The van der Waals surface area contributed by atoms with Crippen LogP contribution in [0.4, 0.5) is 5.69 Å². The number of hydrogen-bond acceptors (Lipinski definition) is 3. The number of hydrogen-bond donors (Lipinski definition) is 1. The molecular formula is C18H25N3O2. The van der Waals surface area contributed by atoms with E-state index in [0.29, 0.717) is 5.92 Å². The molecule has 1 N–H and O–H groups in total. The van der Waals surface area contributed by atoms with Crippen LogP contribution in [0.3, 0.4) is 0 Å². The molecule has 23 heavy (non-hydrogen) atoms. The number of amides is 2. The second-order valence-electron chi connectivity index (χ2n) is 6.76. The number of para-hydroxylation sites is 1. The van der Waals surface area contributed by atoms with Crippen LogP contribution in [0.15, 0.2) is 24.3 Å². The second kappa shape index (κ2) is 6.71.